The van der Waals surface area contributed by atoms with Gasteiger partial charge in [0.05, 0.1) is 0 Å². The third-order valence-corrected chi connectivity index (χ3v) is 5.26. The van der Waals surface area contributed by atoms with Gasteiger partial charge in [-0.3, -0.25) is 0 Å². The number of piperazine rings is 1. The van der Waals surface area contributed by atoms with Gasteiger partial charge >= 0.3 is 0 Å². The number of aromatic nitrogens is 2. The minimum atomic E-state index is 0.823. The molecule has 1 aliphatic heterocycles. The maximum absolute atomic E-state index is 6.30. The van der Waals surface area contributed by atoms with Crippen LogP contribution in [0.5, 0.6) is 0 Å². The minimum Gasteiger partial charge on any atom is -0.398 e. The zero-order valence-corrected chi connectivity index (χ0v) is 15.5. The number of hydrogen-bond donors (Lipinski definition) is 3. The highest BCUT2D eigenvalue weighted by Crippen LogP contribution is 2.32. The maximum atomic E-state index is 6.30. The van der Waals surface area contributed by atoms with Crippen molar-refractivity contribution in [2.45, 2.75) is 33.6 Å². The second-order valence-corrected chi connectivity index (χ2v) is 6.82. The summed E-state index contributed by atoms with van der Waals surface area (Å²) in [7, 11) is 0. The van der Waals surface area contributed by atoms with E-state index in [4.69, 9.17) is 5.73 Å². The Hall–Kier alpha value is -1.86. The van der Waals surface area contributed by atoms with Gasteiger partial charge in [0.25, 0.3) is 0 Å². The van der Waals surface area contributed by atoms with Crippen LogP contribution in [0.2, 0.25) is 0 Å². The quantitative estimate of drug-likeness (QED) is 0.723. The molecule has 0 radical (unpaired) electrons. The number of nitrogens with zero attached hydrogens (tertiary/aromatic N) is 3. The van der Waals surface area contributed by atoms with Gasteiger partial charge in [0, 0.05) is 49.1 Å². The van der Waals surface area contributed by atoms with Gasteiger partial charge in [0.2, 0.25) is 11.1 Å². The number of nitrogens with one attached hydrogen (secondary N) is 2. The van der Waals surface area contributed by atoms with Gasteiger partial charge in [-0.2, -0.15) is 9.36 Å². The van der Waals surface area contributed by atoms with Crippen molar-refractivity contribution >= 4 is 34.0 Å². The van der Waals surface area contributed by atoms with Crippen molar-refractivity contribution in [3.8, 4) is 0 Å². The molecule has 0 atom stereocenters. The van der Waals surface area contributed by atoms with E-state index in [1.807, 2.05) is 0 Å². The predicted molar refractivity (Wildman–Crippen MR) is 103 cm³/mol. The first kappa shape index (κ1) is 17.0. The van der Waals surface area contributed by atoms with Crippen LogP contribution in [0, 0.1) is 6.92 Å². The molecule has 0 saturated carbocycles. The predicted octanol–water partition coefficient (Wildman–Crippen LogP) is 2.71. The summed E-state index contributed by atoms with van der Waals surface area (Å²) in [5.74, 6) is 0.823. The average Bonchev–Trinajstić information content (AvgIpc) is 3.07. The fourth-order valence-corrected chi connectivity index (χ4v) is 3.77. The molecule has 0 bridgehead atoms. The highest BCUT2D eigenvalue weighted by atomic mass is 32.1. The van der Waals surface area contributed by atoms with Crippen LogP contribution in [0.3, 0.4) is 0 Å². The van der Waals surface area contributed by atoms with E-state index in [1.54, 1.807) is 0 Å². The summed E-state index contributed by atoms with van der Waals surface area (Å²) in [5.41, 5.74) is 11.9. The fourth-order valence-electron chi connectivity index (χ4n) is 3.17. The largest absolute Gasteiger partial charge is 0.398 e. The number of nitrogen functional groups attached to an aromatic ring is 1. The van der Waals surface area contributed by atoms with Crippen molar-refractivity contribution in [2.75, 3.05) is 42.1 Å². The molecule has 1 aliphatic rings. The smallest absolute Gasteiger partial charge is 0.239 e. The van der Waals surface area contributed by atoms with E-state index < -0.39 is 0 Å². The molecule has 1 fully saturated rings. The number of benzene rings is 1. The summed E-state index contributed by atoms with van der Waals surface area (Å²) in [6, 6.07) is 2.15. The van der Waals surface area contributed by atoms with Crippen LogP contribution in [0.4, 0.5) is 22.5 Å². The summed E-state index contributed by atoms with van der Waals surface area (Å²) in [6.45, 7) is 10.3. The minimum absolute atomic E-state index is 0.823. The molecule has 2 aromatic rings. The average molecular weight is 347 g/mol. The molecule has 0 unspecified atom stereocenters. The van der Waals surface area contributed by atoms with E-state index in [0.29, 0.717) is 0 Å². The van der Waals surface area contributed by atoms with Crippen LogP contribution in [0.15, 0.2) is 6.07 Å². The van der Waals surface area contributed by atoms with Crippen molar-refractivity contribution in [3.63, 3.8) is 0 Å². The number of aryl methyl sites for hydroxylation is 1. The first-order chi connectivity index (χ1) is 11.6. The molecule has 4 N–H and O–H groups in total. The number of nitrogens with two attached hydrogens (primary N) is 1. The third kappa shape index (κ3) is 3.32. The van der Waals surface area contributed by atoms with Gasteiger partial charge in [0.1, 0.15) is 0 Å². The lowest BCUT2D eigenvalue weighted by molar-refractivity contribution is 0.582. The summed E-state index contributed by atoms with van der Waals surface area (Å²) >= 11 is 1.41. The number of hydrogen-bond acceptors (Lipinski definition) is 7. The highest BCUT2D eigenvalue weighted by molar-refractivity contribution is 7.10. The summed E-state index contributed by atoms with van der Waals surface area (Å²) in [4.78, 5) is 6.89. The maximum Gasteiger partial charge on any atom is 0.239 e. The Labute approximate surface area is 147 Å². The third-order valence-electron chi connectivity index (χ3n) is 4.64. The number of anilines is 4. The lowest BCUT2D eigenvalue weighted by atomic mass is 9.96. The Morgan fingerprint density at radius 1 is 1.29 bits per heavy atom. The molecule has 0 spiro atoms. The van der Waals surface area contributed by atoms with Gasteiger partial charge in [-0.1, -0.05) is 13.8 Å². The second-order valence-electron chi connectivity index (χ2n) is 6.07. The molecule has 1 aromatic carbocycles. The van der Waals surface area contributed by atoms with Crippen LogP contribution in [-0.2, 0) is 12.8 Å². The molecular weight excluding hydrogens is 320 g/mol. The van der Waals surface area contributed by atoms with Crippen LogP contribution in [0.25, 0.3) is 0 Å². The van der Waals surface area contributed by atoms with Crippen LogP contribution in [-0.4, -0.2) is 35.5 Å². The fraction of sp³-hybridized carbons (Fsp3) is 0.529. The zero-order valence-electron chi connectivity index (χ0n) is 14.6. The Morgan fingerprint density at radius 2 is 2.04 bits per heavy atom. The normalized spacial score (nSPS) is 14.9. The molecule has 7 heteroatoms. The van der Waals surface area contributed by atoms with E-state index in [0.717, 1.165) is 61.5 Å². The molecule has 3 rings (SSSR count). The van der Waals surface area contributed by atoms with Gasteiger partial charge < -0.3 is 21.3 Å². The van der Waals surface area contributed by atoms with Gasteiger partial charge in [-0.15, -0.1) is 0 Å². The Kier molecular flexibility index (Phi) is 5.20. The van der Waals surface area contributed by atoms with E-state index in [1.165, 1.54) is 28.2 Å². The lowest BCUT2D eigenvalue weighted by Crippen LogP contribution is -2.44. The van der Waals surface area contributed by atoms with Crippen molar-refractivity contribution in [2.24, 2.45) is 0 Å². The van der Waals surface area contributed by atoms with E-state index in [9.17, 15) is 0 Å². The van der Waals surface area contributed by atoms with Crippen molar-refractivity contribution in [3.05, 3.63) is 22.8 Å². The van der Waals surface area contributed by atoms with E-state index in [2.05, 4.69) is 51.7 Å². The van der Waals surface area contributed by atoms with Crippen LogP contribution >= 0.6 is 11.5 Å². The molecule has 0 aliphatic carbocycles. The standard InChI is InChI=1S/C17H26N6S/c1-4-12-10-14(11(3)13(5-2)15(12)18)20-17-21-16(22-24-17)23-8-6-19-7-9-23/h10,19H,4-9,18H2,1-3H3,(H,20,21,22). The Morgan fingerprint density at radius 3 is 2.71 bits per heavy atom. The monoisotopic (exact) mass is 346 g/mol. The SMILES string of the molecule is CCc1cc(Nc2nc(N3CCNCC3)ns2)c(C)c(CC)c1N. The van der Waals surface area contributed by atoms with Gasteiger partial charge in [-0.25, -0.2) is 0 Å². The molecular formula is C17H26N6S. The molecule has 6 nitrogen and oxygen atoms in total. The van der Waals surface area contributed by atoms with Gasteiger partial charge in [0.15, 0.2) is 0 Å². The molecule has 1 aromatic heterocycles. The summed E-state index contributed by atoms with van der Waals surface area (Å²) in [6.07, 6.45) is 1.86. The van der Waals surface area contributed by atoms with E-state index >= 15 is 0 Å². The zero-order chi connectivity index (χ0) is 17.1. The van der Waals surface area contributed by atoms with Crippen molar-refractivity contribution in [1.29, 1.82) is 0 Å². The van der Waals surface area contributed by atoms with Crippen LogP contribution < -0.4 is 21.3 Å². The Balaban J connectivity index is 1.84. The van der Waals surface area contributed by atoms with E-state index in [-0.39, 0.29) is 0 Å². The Bertz CT molecular complexity index is 705. The lowest BCUT2D eigenvalue weighted by Gasteiger charge is -2.25. The topological polar surface area (TPSA) is 79.1 Å². The molecule has 1 saturated heterocycles. The van der Waals surface area contributed by atoms with Crippen molar-refractivity contribution < 1.29 is 0 Å². The van der Waals surface area contributed by atoms with Crippen molar-refractivity contribution in [1.82, 2.24) is 14.7 Å². The first-order valence-electron chi connectivity index (χ1n) is 8.61. The van der Waals surface area contributed by atoms with Gasteiger partial charge in [-0.05, 0) is 42.5 Å². The molecule has 130 valence electrons. The summed E-state index contributed by atoms with van der Waals surface area (Å²) in [5, 5.41) is 7.64. The number of rotatable bonds is 5. The highest BCUT2D eigenvalue weighted by Gasteiger charge is 2.17. The molecule has 0 amide bonds. The first-order valence-corrected chi connectivity index (χ1v) is 9.38. The molecule has 24 heavy (non-hydrogen) atoms. The van der Waals surface area contributed by atoms with Crippen LogP contribution in [0.1, 0.15) is 30.5 Å². The summed E-state index contributed by atoms with van der Waals surface area (Å²) < 4.78 is 4.51. The second kappa shape index (κ2) is 7.36. The molecule has 2 heterocycles.